The maximum Gasteiger partial charge on any atom is 0.321 e. The number of aromatic nitrogens is 4. The summed E-state index contributed by atoms with van der Waals surface area (Å²) in [5.74, 6) is -1.34. The number of H-pyrrole nitrogens is 1. The Morgan fingerprint density at radius 3 is 2.78 bits per heavy atom. The largest absolute Gasteiger partial charge is 0.367 e. The number of nitrogens with zero attached hydrogens (tertiary/aromatic N) is 3. The summed E-state index contributed by atoms with van der Waals surface area (Å²) in [6, 6.07) is 8.51. The van der Waals surface area contributed by atoms with Crippen LogP contribution in [-0.2, 0) is 0 Å². The van der Waals surface area contributed by atoms with E-state index in [-0.39, 0.29) is 0 Å². The predicted molar refractivity (Wildman–Crippen MR) is 63.3 cm³/mol. The maximum atomic E-state index is 12.0. The van der Waals surface area contributed by atoms with E-state index in [1.165, 1.54) is 6.20 Å². The highest BCUT2D eigenvalue weighted by atomic mass is 16.2. The molecule has 2 aromatic heterocycles. The second-order valence-electron chi connectivity index (χ2n) is 3.72. The number of nitrogens with one attached hydrogen (secondary N) is 1. The van der Waals surface area contributed by atoms with Crippen LogP contribution in [-0.4, -0.2) is 31.7 Å². The normalized spacial score (nSPS) is 10.7. The second kappa shape index (κ2) is 3.92. The van der Waals surface area contributed by atoms with Gasteiger partial charge in [0.2, 0.25) is 0 Å². The van der Waals surface area contributed by atoms with Crippen LogP contribution >= 0.6 is 0 Å². The van der Waals surface area contributed by atoms with E-state index >= 15 is 0 Å². The number of hydrogen-bond acceptors (Lipinski definition) is 4. The van der Waals surface area contributed by atoms with Crippen LogP contribution in [0.1, 0.15) is 15.2 Å². The van der Waals surface area contributed by atoms with Gasteiger partial charge in [-0.05, 0) is 18.2 Å². The Kier molecular flexibility index (Phi) is 2.26. The highest BCUT2D eigenvalue weighted by Crippen LogP contribution is 2.11. The summed E-state index contributed by atoms with van der Waals surface area (Å²) < 4.78 is 1.02. The van der Waals surface area contributed by atoms with E-state index in [0.29, 0.717) is 16.6 Å². The third kappa shape index (κ3) is 1.51. The molecule has 6 nitrogen and oxygen atoms in total. The van der Waals surface area contributed by atoms with Gasteiger partial charge in [-0.25, -0.2) is 0 Å². The number of aromatic amines is 1. The SMILES string of the molecule is O=C(C(=O)n1nnc2ccccc21)c1cc[nH]c1. The molecule has 0 radical (unpaired) electrons. The molecule has 3 aromatic rings. The molecule has 0 aliphatic carbocycles. The zero-order chi connectivity index (χ0) is 12.5. The monoisotopic (exact) mass is 240 g/mol. The molecule has 0 aliphatic rings. The van der Waals surface area contributed by atoms with Gasteiger partial charge >= 0.3 is 5.91 Å². The number of para-hydroxylation sites is 1. The fraction of sp³-hybridized carbons (Fsp3) is 0. The van der Waals surface area contributed by atoms with E-state index < -0.39 is 11.7 Å². The molecule has 0 fully saturated rings. The van der Waals surface area contributed by atoms with Crippen LogP contribution in [0.15, 0.2) is 42.7 Å². The highest BCUT2D eigenvalue weighted by molar-refractivity contribution is 6.44. The van der Waals surface area contributed by atoms with Gasteiger partial charge in [-0.2, -0.15) is 4.68 Å². The van der Waals surface area contributed by atoms with Crippen molar-refractivity contribution >= 4 is 22.7 Å². The number of benzene rings is 1. The summed E-state index contributed by atoms with van der Waals surface area (Å²) in [5.41, 5.74) is 1.40. The fourth-order valence-corrected chi connectivity index (χ4v) is 1.70. The quantitative estimate of drug-likeness (QED) is 0.540. The number of Topliss-reactive ketones (excluding diaryl/α,β-unsaturated/α-hetero) is 1. The zero-order valence-electron chi connectivity index (χ0n) is 9.20. The predicted octanol–water partition coefficient (Wildman–Crippen LogP) is 1.28. The lowest BCUT2D eigenvalue weighted by atomic mass is 10.2. The third-order valence-electron chi connectivity index (χ3n) is 2.60. The minimum Gasteiger partial charge on any atom is -0.367 e. The number of fused-ring (bicyclic) bond motifs is 1. The van der Waals surface area contributed by atoms with E-state index in [9.17, 15) is 9.59 Å². The van der Waals surface area contributed by atoms with Gasteiger partial charge in [-0.15, -0.1) is 5.10 Å². The summed E-state index contributed by atoms with van der Waals surface area (Å²) in [4.78, 5) is 26.6. The number of carbonyl (C=O) groups is 2. The molecule has 2 heterocycles. The first-order valence-corrected chi connectivity index (χ1v) is 5.29. The van der Waals surface area contributed by atoms with Crippen molar-refractivity contribution in [1.82, 2.24) is 20.0 Å². The van der Waals surface area contributed by atoms with Gasteiger partial charge in [0.25, 0.3) is 5.78 Å². The molecule has 0 amide bonds. The lowest BCUT2D eigenvalue weighted by molar-refractivity contribution is 0.0756. The van der Waals surface area contributed by atoms with Crippen LogP contribution in [0.3, 0.4) is 0 Å². The first kappa shape index (κ1) is 10.4. The summed E-state index contributed by atoms with van der Waals surface area (Å²) in [7, 11) is 0. The van der Waals surface area contributed by atoms with E-state index in [1.807, 2.05) is 0 Å². The van der Waals surface area contributed by atoms with Crippen molar-refractivity contribution in [2.24, 2.45) is 0 Å². The van der Waals surface area contributed by atoms with E-state index in [4.69, 9.17) is 0 Å². The van der Waals surface area contributed by atoms with E-state index in [2.05, 4.69) is 15.3 Å². The molecule has 6 heteroatoms. The van der Waals surface area contributed by atoms with Crippen LogP contribution in [0.5, 0.6) is 0 Å². The number of carbonyl (C=O) groups excluding carboxylic acids is 2. The first-order valence-electron chi connectivity index (χ1n) is 5.29. The minimum absolute atomic E-state index is 0.305. The van der Waals surface area contributed by atoms with Gasteiger partial charge < -0.3 is 4.98 Å². The molecule has 18 heavy (non-hydrogen) atoms. The Morgan fingerprint density at radius 1 is 1.17 bits per heavy atom. The molecule has 0 aliphatic heterocycles. The van der Waals surface area contributed by atoms with Crippen molar-refractivity contribution in [3.05, 3.63) is 48.3 Å². The number of rotatable bonds is 2. The second-order valence-corrected chi connectivity index (χ2v) is 3.72. The van der Waals surface area contributed by atoms with Gasteiger partial charge in [0.15, 0.2) is 0 Å². The summed E-state index contributed by atoms with van der Waals surface area (Å²) >= 11 is 0. The molecule has 0 unspecified atom stereocenters. The highest BCUT2D eigenvalue weighted by Gasteiger charge is 2.21. The van der Waals surface area contributed by atoms with Gasteiger partial charge in [0.05, 0.1) is 5.52 Å². The van der Waals surface area contributed by atoms with Crippen LogP contribution in [0, 0.1) is 0 Å². The molecule has 1 N–H and O–H groups in total. The molecule has 0 saturated carbocycles. The molecule has 3 rings (SSSR count). The molecule has 0 spiro atoms. The van der Waals surface area contributed by atoms with E-state index in [1.54, 1.807) is 36.5 Å². The Morgan fingerprint density at radius 2 is 2.00 bits per heavy atom. The number of hydrogen-bond donors (Lipinski definition) is 1. The lowest BCUT2D eigenvalue weighted by Crippen LogP contribution is -2.22. The molecule has 0 saturated heterocycles. The molecule has 88 valence electrons. The van der Waals surface area contributed by atoms with Gasteiger partial charge in [-0.1, -0.05) is 17.3 Å². The van der Waals surface area contributed by atoms with Crippen molar-refractivity contribution < 1.29 is 9.59 Å². The van der Waals surface area contributed by atoms with Crippen molar-refractivity contribution in [2.45, 2.75) is 0 Å². The molecule has 0 bridgehead atoms. The molecule has 0 atom stereocenters. The fourth-order valence-electron chi connectivity index (χ4n) is 1.70. The standard InChI is InChI=1S/C12H8N4O2/c17-11(8-5-6-13-7-8)12(18)16-10-4-2-1-3-9(10)14-15-16/h1-7,13H. The van der Waals surface area contributed by atoms with Gasteiger partial charge in [0, 0.05) is 18.0 Å². The Labute approximate surface area is 101 Å². The molecular formula is C12H8N4O2. The minimum atomic E-state index is -0.719. The van der Waals surface area contributed by atoms with Crippen LogP contribution in [0.25, 0.3) is 11.0 Å². The Hall–Kier alpha value is -2.76. The first-order chi connectivity index (χ1) is 8.77. The molecular weight excluding hydrogens is 232 g/mol. The molecule has 1 aromatic carbocycles. The van der Waals surface area contributed by atoms with Crippen molar-refractivity contribution in [1.29, 1.82) is 0 Å². The van der Waals surface area contributed by atoms with Crippen LogP contribution < -0.4 is 0 Å². The maximum absolute atomic E-state index is 12.0. The Bertz CT molecular complexity index is 727. The average molecular weight is 240 g/mol. The van der Waals surface area contributed by atoms with Crippen molar-refractivity contribution in [3.63, 3.8) is 0 Å². The van der Waals surface area contributed by atoms with Crippen LogP contribution in [0.2, 0.25) is 0 Å². The smallest absolute Gasteiger partial charge is 0.321 e. The number of ketones is 1. The summed E-state index contributed by atoms with van der Waals surface area (Å²) in [6.07, 6.45) is 3.05. The van der Waals surface area contributed by atoms with Gasteiger partial charge in [-0.3, -0.25) is 9.59 Å². The van der Waals surface area contributed by atoms with Gasteiger partial charge in [0.1, 0.15) is 5.52 Å². The topological polar surface area (TPSA) is 80.6 Å². The summed E-state index contributed by atoms with van der Waals surface area (Å²) in [5, 5.41) is 7.55. The van der Waals surface area contributed by atoms with Crippen molar-refractivity contribution in [3.8, 4) is 0 Å². The average Bonchev–Trinajstić information content (AvgIpc) is 3.06. The van der Waals surface area contributed by atoms with Crippen LogP contribution in [0.4, 0.5) is 0 Å². The zero-order valence-corrected chi connectivity index (χ0v) is 9.20. The Balaban J connectivity index is 2.05. The lowest BCUT2D eigenvalue weighted by Gasteiger charge is -1.98. The summed E-state index contributed by atoms with van der Waals surface area (Å²) in [6.45, 7) is 0. The van der Waals surface area contributed by atoms with Crippen molar-refractivity contribution in [2.75, 3.05) is 0 Å². The third-order valence-corrected chi connectivity index (χ3v) is 2.60. The van der Waals surface area contributed by atoms with E-state index in [0.717, 1.165) is 4.68 Å².